The molecule has 78 valence electrons. The molecule has 0 saturated carbocycles. The van der Waals surface area contributed by atoms with Crippen LogP contribution in [0.25, 0.3) is 0 Å². The summed E-state index contributed by atoms with van der Waals surface area (Å²) in [7, 11) is 1.78. The molecule has 1 aromatic rings. The van der Waals surface area contributed by atoms with Crippen molar-refractivity contribution in [2.24, 2.45) is 7.05 Å². The molecule has 0 aliphatic rings. The van der Waals surface area contributed by atoms with Crippen LogP contribution in [0.5, 0.6) is 0 Å². The zero-order chi connectivity index (χ0) is 10.7. The lowest BCUT2D eigenvalue weighted by atomic mass is 10.2. The second kappa shape index (κ2) is 4.26. The van der Waals surface area contributed by atoms with E-state index in [0.717, 1.165) is 12.1 Å². The van der Waals surface area contributed by atoms with Gasteiger partial charge in [-0.2, -0.15) is 5.10 Å². The summed E-state index contributed by atoms with van der Waals surface area (Å²) in [5.41, 5.74) is 1.48. The number of carbonyl (C=O) groups excluding carboxylic acids is 1. The van der Waals surface area contributed by atoms with Gasteiger partial charge in [-0.15, -0.1) is 0 Å². The molecule has 1 aromatic heterocycles. The molecule has 1 N–H and O–H groups in total. The Bertz CT molecular complexity index is 330. The van der Waals surface area contributed by atoms with Crippen molar-refractivity contribution >= 4 is 5.91 Å². The molecule has 1 atom stereocenters. The van der Waals surface area contributed by atoms with Gasteiger partial charge in [0, 0.05) is 13.1 Å². The molecule has 0 fully saturated rings. The van der Waals surface area contributed by atoms with Crippen molar-refractivity contribution in [3.05, 3.63) is 17.5 Å². The van der Waals surface area contributed by atoms with Gasteiger partial charge in [-0.1, -0.05) is 6.92 Å². The van der Waals surface area contributed by atoms with E-state index in [-0.39, 0.29) is 11.9 Å². The minimum Gasteiger partial charge on any atom is -0.348 e. The molecule has 0 aliphatic carbocycles. The predicted octanol–water partition coefficient (Wildman–Crippen LogP) is 1.26. The van der Waals surface area contributed by atoms with Crippen LogP contribution in [-0.4, -0.2) is 21.7 Å². The van der Waals surface area contributed by atoms with Crippen LogP contribution in [0.1, 0.15) is 36.5 Å². The standard InChI is InChI=1S/C10H17N3O/c1-5-7(2)11-10(14)9-6-8(3)12-13(9)4/h6-7H,5H2,1-4H3,(H,11,14). The Morgan fingerprint density at radius 2 is 2.36 bits per heavy atom. The van der Waals surface area contributed by atoms with E-state index in [1.807, 2.05) is 20.8 Å². The Kier molecular flexibility index (Phi) is 3.28. The fourth-order valence-electron chi connectivity index (χ4n) is 1.22. The first-order valence-corrected chi connectivity index (χ1v) is 4.86. The van der Waals surface area contributed by atoms with Crippen LogP contribution >= 0.6 is 0 Å². The molecule has 4 heteroatoms. The molecular weight excluding hydrogens is 178 g/mol. The number of hydrogen-bond donors (Lipinski definition) is 1. The fourth-order valence-corrected chi connectivity index (χ4v) is 1.22. The molecule has 1 unspecified atom stereocenters. The van der Waals surface area contributed by atoms with Crippen LogP contribution in [0.4, 0.5) is 0 Å². The number of nitrogens with zero attached hydrogens (tertiary/aromatic N) is 2. The van der Waals surface area contributed by atoms with E-state index in [1.165, 1.54) is 0 Å². The molecule has 0 spiro atoms. The summed E-state index contributed by atoms with van der Waals surface area (Å²) >= 11 is 0. The quantitative estimate of drug-likeness (QED) is 0.789. The number of rotatable bonds is 3. The van der Waals surface area contributed by atoms with Crippen LogP contribution in [0.15, 0.2) is 6.07 Å². The molecule has 0 aliphatic heterocycles. The first kappa shape index (κ1) is 10.8. The van der Waals surface area contributed by atoms with Gasteiger partial charge in [0.2, 0.25) is 0 Å². The predicted molar refractivity (Wildman–Crippen MR) is 55.2 cm³/mol. The molecule has 0 aromatic carbocycles. The zero-order valence-corrected chi connectivity index (χ0v) is 9.16. The van der Waals surface area contributed by atoms with E-state index >= 15 is 0 Å². The summed E-state index contributed by atoms with van der Waals surface area (Å²) in [5, 5.41) is 7.02. The molecule has 4 nitrogen and oxygen atoms in total. The Labute approximate surface area is 84.3 Å². The van der Waals surface area contributed by atoms with Crippen molar-refractivity contribution in [1.29, 1.82) is 0 Å². The lowest BCUT2D eigenvalue weighted by molar-refractivity contribution is 0.0930. The Balaban J connectivity index is 2.74. The van der Waals surface area contributed by atoms with E-state index in [4.69, 9.17) is 0 Å². The van der Waals surface area contributed by atoms with Crippen LogP contribution in [0, 0.1) is 6.92 Å². The van der Waals surface area contributed by atoms with E-state index in [2.05, 4.69) is 10.4 Å². The van der Waals surface area contributed by atoms with Gasteiger partial charge in [-0.05, 0) is 26.3 Å². The summed E-state index contributed by atoms with van der Waals surface area (Å²) in [6.07, 6.45) is 0.933. The molecular formula is C10H17N3O. The maximum Gasteiger partial charge on any atom is 0.269 e. The molecule has 1 heterocycles. The van der Waals surface area contributed by atoms with Crippen molar-refractivity contribution in [3.63, 3.8) is 0 Å². The Hall–Kier alpha value is -1.32. The third-order valence-electron chi connectivity index (χ3n) is 2.22. The van der Waals surface area contributed by atoms with Gasteiger partial charge in [0.25, 0.3) is 5.91 Å². The van der Waals surface area contributed by atoms with Crippen LogP contribution < -0.4 is 5.32 Å². The maximum atomic E-state index is 11.7. The monoisotopic (exact) mass is 195 g/mol. The largest absolute Gasteiger partial charge is 0.348 e. The van der Waals surface area contributed by atoms with Crippen molar-refractivity contribution in [1.82, 2.24) is 15.1 Å². The van der Waals surface area contributed by atoms with Gasteiger partial charge in [-0.3, -0.25) is 9.48 Å². The summed E-state index contributed by atoms with van der Waals surface area (Å²) in [6.45, 7) is 5.90. The van der Waals surface area contributed by atoms with Crippen molar-refractivity contribution < 1.29 is 4.79 Å². The summed E-state index contributed by atoms with van der Waals surface area (Å²) in [4.78, 5) is 11.7. The third-order valence-corrected chi connectivity index (χ3v) is 2.22. The topological polar surface area (TPSA) is 46.9 Å². The van der Waals surface area contributed by atoms with Crippen LogP contribution in [0.2, 0.25) is 0 Å². The lowest BCUT2D eigenvalue weighted by Crippen LogP contribution is -2.33. The number of aryl methyl sites for hydroxylation is 2. The van der Waals surface area contributed by atoms with Gasteiger partial charge in [0.05, 0.1) is 5.69 Å². The molecule has 1 rings (SSSR count). The van der Waals surface area contributed by atoms with E-state index in [0.29, 0.717) is 5.69 Å². The minimum atomic E-state index is -0.0533. The number of aromatic nitrogens is 2. The fraction of sp³-hybridized carbons (Fsp3) is 0.600. The smallest absolute Gasteiger partial charge is 0.269 e. The van der Waals surface area contributed by atoms with E-state index < -0.39 is 0 Å². The molecule has 0 bridgehead atoms. The highest BCUT2D eigenvalue weighted by molar-refractivity contribution is 5.92. The van der Waals surface area contributed by atoms with Crippen LogP contribution in [-0.2, 0) is 7.05 Å². The highest BCUT2D eigenvalue weighted by atomic mass is 16.2. The second-order valence-electron chi connectivity index (χ2n) is 3.58. The first-order chi connectivity index (χ1) is 6.54. The molecule has 0 radical (unpaired) electrons. The SMILES string of the molecule is CCC(C)NC(=O)c1cc(C)nn1C. The average Bonchev–Trinajstić information content (AvgIpc) is 2.45. The van der Waals surface area contributed by atoms with Gasteiger partial charge in [0.1, 0.15) is 5.69 Å². The van der Waals surface area contributed by atoms with E-state index in [1.54, 1.807) is 17.8 Å². The summed E-state index contributed by atoms with van der Waals surface area (Å²) in [5.74, 6) is -0.0533. The number of nitrogens with one attached hydrogen (secondary N) is 1. The van der Waals surface area contributed by atoms with Gasteiger partial charge >= 0.3 is 0 Å². The maximum absolute atomic E-state index is 11.7. The van der Waals surface area contributed by atoms with Crippen molar-refractivity contribution in [2.75, 3.05) is 0 Å². The van der Waals surface area contributed by atoms with Crippen LogP contribution in [0.3, 0.4) is 0 Å². The highest BCUT2D eigenvalue weighted by Gasteiger charge is 2.12. The minimum absolute atomic E-state index is 0.0533. The average molecular weight is 195 g/mol. The zero-order valence-electron chi connectivity index (χ0n) is 9.16. The highest BCUT2D eigenvalue weighted by Crippen LogP contribution is 2.02. The van der Waals surface area contributed by atoms with Gasteiger partial charge in [0.15, 0.2) is 0 Å². The van der Waals surface area contributed by atoms with Gasteiger partial charge in [-0.25, -0.2) is 0 Å². The first-order valence-electron chi connectivity index (χ1n) is 4.86. The van der Waals surface area contributed by atoms with Gasteiger partial charge < -0.3 is 5.32 Å². The normalized spacial score (nSPS) is 12.6. The van der Waals surface area contributed by atoms with Crippen molar-refractivity contribution in [3.8, 4) is 0 Å². The summed E-state index contributed by atoms with van der Waals surface area (Å²) < 4.78 is 1.60. The third kappa shape index (κ3) is 2.34. The molecule has 1 amide bonds. The second-order valence-corrected chi connectivity index (χ2v) is 3.58. The summed E-state index contributed by atoms with van der Waals surface area (Å²) in [6, 6.07) is 2.00. The number of amides is 1. The Morgan fingerprint density at radius 1 is 1.71 bits per heavy atom. The lowest BCUT2D eigenvalue weighted by Gasteiger charge is -2.10. The molecule has 14 heavy (non-hydrogen) atoms. The number of carbonyl (C=O) groups is 1. The van der Waals surface area contributed by atoms with E-state index in [9.17, 15) is 4.79 Å². The number of hydrogen-bond acceptors (Lipinski definition) is 2. The molecule has 0 saturated heterocycles. The van der Waals surface area contributed by atoms with Crippen molar-refractivity contribution in [2.45, 2.75) is 33.2 Å². The Morgan fingerprint density at radius 3 is 2.79 bits per heavy atom.